The lowest BCUT2D eigenvalue weighted by atomic mass is 9.96. The number of urea groups is 1. The fourth-order valence-corrected chi connectivity index (χ4v) is 3.95. The maximum absolute atomic E-state index is 12.1. The maximum atomic E-state index is 12.1. The molecule has 7 heteroatoms. The van der Waals surface area contributed by atoms with Crippen molar-refractivity contribution in [1.82, 2.24) is 15.5 Å². The molecular weight excluding hydrogens is 352 g/mol. The van der Waals surface area contributed by atoms with E-state index < -0.39 is 0 Å². The summed E-state index contributed by atoms with van der Waals surface area (Å²) in [5, 5.41) is 6.12. The van der Waals surface area contributed by atoms with Gasteiger partial charge < -0.3 is 10.2 Å². The van der Waals surface area contributed by atoms with E-state index in [4.69, 9.17) is 11.6 Å². The van der Waals surface area contributed by atoms with Crippen LogP contribution in [0.25, 0.3) is 0 Å². The molecule has 0 aromatic heterocycles. The molecule has 6 nitrogen and oxygen atoms in total. The van der Waals surface area contributed by atoms with Crippen LogP contribution in [0.5, 0.6) is 0 Å². The number of para-hydroxylation sites is 1. The van der Waals surface area contributed by atoms with Gasteiger partial charge in [-0.1, -0.05) is 43.0 Å². The molecule has 1 aromatic carbocycles. The number of nitrogens with one attached hydrogen (secondary N) is 2. The van der Waals surface area contributed by atoms with Crippen molar-refractivity contribution in [1.29, 1.82) is 0 Å². The van der Waals surface area contributed by atoms with Crippen LogP contribution >= 0.6 is 11.6 Å². The average molecular weight is 379 g/mol. The highest BCUT2D eigenvalue weighted by Crippen LogP contribution is 2.25. The monoisotopic (exact) mass is 378 g/mol. The molecule has 0 bridgehead atoms. The fraction of sp³-hybridized carbons (Fsp3) is 0.579. The molecule has 0 atom stereocenters. The van der Waals surface area contributed by atoms with Crippen molar-refractivity contribution in [2.75, 3.05) is 37.6 Å². The molecule has 1 aliphatic carbocycles. The van der Waals surface area contributed by atoms with E-state index >= 15 is 0 Å². The number of carbonyl (C=O) groups is 2. The zero-order valence-corrected chi connectivity index (χ0v) is 15.8. The van der Waals surface area contributed by atoms with Gasteiger partial charge in [-0.3, -0.25) is 15.0 Å². The third-order valence-electron chi connectivity index (χ3n) is 5.13. The molecule has 0 spiro atoms. The molecule has 26 heavy (non-hydrogen) atoms. The van der Waals surface area contributed by atoms with Gasteiger partial charge in [0.1, 0.15) is 0 Å². The van der Waals surface area contributed by atoms with Gasteiger partial charge in [0.15, 0.2) is 0 Å². The molecule has 2 aliphatic rings. The third kappa shape index (κ3) is 5.35. The highest BCUT2D eigenvalue weighted by atomic mass is 35.5. The Kier molecular flexibility index (Phi) is 6.74. The van der Waals surface area contributed by atoms with E-state index in [0.29, 0.717) is 0 Å². The summed E-state index contributed by atoms with van der Waals surface area (Å²) in [6.45, 7) is 3.40. The van der Waals surface area contributed by atoms with Crippen LogP contribution < -0.4 is 15.5 Å². The number of anilines is 1. The Morgan fingerprint density at radius 1 is 1.04 bits per heavy atom. The second-order valence-corrected chi connectivity index (χ2v) is 7.48. The Bertz CT molecular complexity index is 626. The van der Waals surface area contributed by atoms with Gasteiger partial charge in [0.05, 0.1) is 17.3 Å². The summed E-state index contributed by atoms with van der Waals surface area (Å²) in [5.74, 6) is -0.246. The number of benzene rings is 1. The first-order chi connectivity index (χ1) is 12.6. The highest BCUT2D eigenvalue weighted by molar-refractivity contribution is 6.33. The lowest BCUT2D eigenvalue weighted by Crippen LogP contribution is -2.52. The Labute approximate surface area is 159 Å². The minimum Gasteiger partial charge on any atom is -0.368 e. The van der Waals surface area contributed by atoms with Gasteiger partial charge in [-0.15, -0.1) is 0 Å². The van der Waals surface area contributed by atoms with E-state index in [1.165, 1.54) is 6.42 Å². The minimum atomic E-state index is -0.364. The average Bonchev–Trinajstić information content (AvgIpc) is 2.63. The number of hydrogen-bond donors (Lipinski definition) is 2. The first-order valence-corrected chi connectivity index (χ1v) is 9.82. The van der Waals surface area contributed by atoms with Crippen LogP contribution in [0, 0.1) is 0 Å². The number of piperazine rings is 1. The number of hydrogen-bond acceptors (Lipinski definition) is 4. The van der Waals surface area contributed by atoms with E-state index in [2.05, 4.69) is 20.4 Å². The second kappa shape index (κ2) is 9.24. The lowest BCUT2D eigenvalue weighted by molar-refractivity contribution is -0.121. The van der Waals surface area contributed by atoms with E-state index in [-0.39, 0.29) is 24.5 Å². The smallest absolute Gasteiger partial charge is 0.321 e. The number of nitrogens with zero attached hydrogens (tertiary/aromatic N) is 2. The topological polar surface area (TPSA) is 64.7 Å². The molecule has 2 N–H and O–H groups in total. The highest BCUT2D eigenvalue weighted by Gasteiger charge is 2.22. The molecule has 142 valence electrons. The van der Waals surface area contributed by atoms with Crippen molar-refractivity contribution >= 4 is 29.2 Å². The molecular formula is C19H27ClN4O2. The number of amides is 3. The predicted octanol–water partition coefficient (Wildman–Crippen LogP) is 2.62. The summed E-state index contributed by atoms with van der Waals surface area (Å²) in [5.41, 5.74) is 1.03. The molecule has 1 saturated heterocycles. The maximum Gasteiger partial charge on any atom is 0.321 e. The summed E-state index contributed by atoms with van der Waals surface area (Å²) in [4.78, 5) is 28.4. The molecule has 1 aromatic rings. The molecule has 0 radical (unpaired) electrons. The molecule has 1 heterocycles. The largest absolute Gasteiger partial charge is 0.368 e. The van der Waals surface area contributed by atoms with Gasteiger partial charge in [0.25, 0.3) is 0 Å². The van der Waals surface area contributed by atoms with Crippen LogP contribution in [0.4, 0.5) is 10.5 Å². The molecule has 0 unspecified atom stereocenters. The summed E-state index contributed by atoms with van der Waals surface area (Å²) in [6, 6.07) is 7.64. The van der Waals surface area contributed by atoms with Crippen molar-refractivity contribution in [3.8, 4) is 0 Å². The van der Waals surface area contributed by atoms with Gasteiger partial charge in [0.2, 0.25) is 5.91 Å². The molecule has 1 saturated carbocycles. The first kappa shape index (κ1) is 19.0. The second-order valence-electron chi connectivity index (χ2n) is 7.07. The van der Waals surface area contributed by atoms with Crippen molar-refractivity contribution in [2.24, 2.45) is 0 Å². The van der Waals surface area contributed by atoms with Crippen LogP contribution in [0.15, 0.2) is 24.3 Å². The summed E-state index contributed by atoms with van der Waals surface area (Å²) < 4.78 is 0. The lowest BCUT2D eigenvalue weighted by Gasteiger charge is -2.36. The normalized spacial score (nSPS) is 19.2. The molecule has 1 aliphatic heterocycles. The number of imide groups is 1. The first-order valence-electron chi connectivity index (χ1n) is 9.44. The van der Waals surface area contributed by atoms with Crippen LogP contribution in [0.3, 0.4) is 0 Å². The van der Waals surface area contributed by atoms with Crippen molar-refractivity contribution in [3.05, 3.63) is 29.3 Å². The van der Waals surface area contributed by atoms with Gasteiger partial charge in [-0.05, 0) is 25.0 Å². The van der Waals surface area contributed by atoms with E-state index in [9.17, 15) is 9.59 Å². The fourth-order valence-electron chi connectivity index (χ4n) is 3.69. The van der Waals surface area contributed by atoms with E-state index in [0.717, 1.165) is 62.6 Å². The molecule has 2 fully saturated rings. The van der Waals surface area contributed by atoms with E-state index in [1.807, 2.05) is 24.3 Å². The third-order valence-corrected chi connectivity index (χ3v) is 5.45. The summed E-state index contributed by atoms with van der Waals surface area (Å²) >= 11 is 6.25. The van der Waals surface area contributed by atoms with Crippen molar-refractivity contribution < 1.29 is 9.59 Å². The predicted molar refractivity (Wildman–Crippen MR) is 104 cm³/mol. The van der Waals surface area contributed by atoms with Crippen molar-refractivity contribution in [2.45, 2.75) is 38.1 Å². The van der Waals surface area contributed by atoms with Crippen LogP contribution in [-0.2, 0) is 4.79 Å². The summed E-state index contributed by atoms with van der Waals surface area (Å²) in [7, 11) is 0. The van der Waals surface area contributed by atoms with Gasteiger partial charge in [-0.25, -0.2) is 4.79 Å². The number of halogens is 1. The number of rotatable bonds is 4. The summed E-state index contributed by atoms with van der Waals surface area (Å²) in [6.07, 6.45) is 5.54. The quantitative estimate of drug-likeness (QED) is 0.845. The van der Waals surface area contributed by atoms with Crippen LogP contribution in [-0.4, -0.2) is 55.6 Å². The van der Waals surface area contributed by atoms with Crippen molar-refractivity contribution in [3.63, 3.8) is 0 Å². The zero-order valence-electron chi connectivity index (χ0n) is 15.0. The van der Waals surface area contributed by atoms with Crippen LogP contribution in [0.1, 0.15) is 32.1 Å². The zero-order chi connectivity index (χ0) is 18.4. The molecule has 3 amide bonds. The van der Waals surface area contributed by atoms with Crippen LogP contribution in [0.2, 0.25) is 5.02 Å². The Hall–Kier alpha value is -1.79. The van der Waals surface area contributed by atoms with Gasteiger partial charge >= 0.3 is 6.03 Å². The van der Waals surface area contributed by atoms with Gasteiger partial charge in [-0.2, -0.15) is 0 Å². The Morgan fingerprint density at radius 2 is 1.73 bits per heavy atom. The number of carbonyl (C=O) groups excluding carboxylic acids is 2. The van der Waals surface area contributed by atoms with Gasteiger partial charge in [0, 0.05) is 32.2 Å². The Morgan fingerprint density at radius 3 is 2.42 bits per heavy atom. The molecule has 3 rings (SSSR count). The SMILES string of the molecule is O=C(CN1CCN(c2ccccc2Cl)CC1)NC(=O)NC1CCCCC1. The van der Waals surface area contributed by atoms with E-state index in [1.54, 1.807) is 0 Å². The standard InChI is InChI=1S/C19H27ClN4O2/c20-16-8-4-5-9-17(16)24-12-10-23(11-13-24)14-18(25)22-19(26)21-15-6-2-1-3-7-15/h4-5,8-9,15H,1-3,6-7,10-14H2,(H2,21,22,25,26). The minimum absolute atomic E-state index is 0.204. The Balaban J connectivity index is 1.39.